The summed E-state index contributed by atoms with van der Waals surface area (Å²) in [4.78, 5) is 7.18. The maximum Gasteiger partial charge on any atom is 0.162 e. The van der Waals surface area contributed by atoms with Gasteiger partial charge in [0.15, 0.2) is 10.8 Å². The molecule has 1 saturated carbocycles. The molecule has 0 spiro atoms. The van der Waals surface area contributed by atoms with E-state index in [2.05, 4.69) is 20.6 Å². The molecule has 0 bridgehead atoms. The Balaban J connectivity index is 1.24. The van der Waals surface area contributed by atoms with Crippen molar-refractivity contribution in [3.8, 4) is 10.8 Å². The molecule has 22 heavy (non-hydrogen) atoms. The van der Waals surface area contributed by atoms with E-state index in [0.717, 1.165) is 55.3 Å². The fraction of sp³-hybridized carbons (Fsp3) is 0.562. The van der Waals surface area contributed by atoms with E-state index < -0.39 is 0 Å². The highest BCUT2D eigenvalue weighted by Gasteiger charge is 2.32. The minimum absolute atomic E-state index is 0.303. The van der Waals surface area contributed by atoms with E-state index >= 15 is 0 Å². The Hall–Kier alpha value is -1.21. The third kappa shape index (κ3) is 3.41. The van der Waals surface area contributed by atoms with Crippen LogP contribution < -0.4 is 5.32 Å². The van der Waals surface area contributed by atoms with Crippen LogP contribution in [0.15, 0.2) is 28.2 Å². The number of hydrogen-bond acceptors (Lipinski definition) is 6. The second-order valence-corrected chi connectivity index (χ2v) is 6.83. The van der Waals surface area contributed by atoms with Gasteiger partial charge in [0.25, 0.3) is 0 Å². The van der Waals surface area contributed by atoms with Crippen LogP contribution in [0.2, 0.25) is 0 Å². The summed E-state index contributed by atoms with van der Waals surface area (Å²) in [5.41, 5.74) is 1.06. The smallest absolute Gasteiger partial charge is 0.162 e. The topological polar surface area (TPSA) is 50.5 Å². The van der Waals surface area contributed by atoms with E-state index in [1.807, 2.05) is 12.1 Å². The van der Waals surface area contributed by atoms with Crippen LogP contribution in [0, 0.1) is 0 Å². The molecule has 1 saturated heterocycles. The van der Waals surface area contributed by atoms with Crippen LogP contribution in [-0.2, 0) is 11.3 Å². The molecular weight excluding hydrogens is 298 g/mol. The first-order valence-corrected chi connectivity index (χ1v) is 8.81. The summed E-state index contributed by atoms with van der Waals surface area (Å²) in [6.07, 6.45) is 4.72. The summed E-state index contributed by atoms with van der Waals surface area (Å²) in [7, 11) is 0. The Labute approximate surface area is 134 Å². The quantitative estimate of drug-likeness (QED) is 0.886. The molecule has 1 N–H and O–H groups in total. The minimum atomic E-state index is 0.303. The van der Waals surface area contributed by atoms with Crippen molar-refractivity contribution in [3.63, 3.8) is 0 Å². The standard InChI is InChI=1S/C16H21N3O2S/c1-2-15(21-6-1)16-18-12(11-22-16)8-17-9-14-10-19(5-7-20-14)13-3-4-13/h1-2,6,11,13-14,17H,3-5,7-10H2/t14-/m1/s1. The molecule has 5 nitrogen and oxygen atoms in total. The highest BCUT2D eigenvalue weighted by Crippen LogP contribution is 2.28. The van der Waals surface area contributed by atoms with Gasteiger partial charge in [-0.2, -0.15) is 0 Å². The van der Waals surface area contributed by atoms with E-state index in [9.17, 15) is 0 Å². The fourth-order valence-electron chi connectivity index (χ4n) is 2.90. The molecular formula is C16H21N3O2S. The molecule has 118 valence electrons. The third-order valence-corrected chi connectivity index (χ3v) is 5.10. The second-order valence-electron chi connectivity index (χ2n) is 5.97. The lowest BCUT2D eigenvalue weighted by Gasteiger charge is -2.33. The Morgan fingerprint density at radius 3 is 3.18 bits per heavy atom. The highest BCUT2D eigenvalue weighted by molar-refractivity contribution is 7.13. The third-order valence-electron chi connectivity index (χ3n) is 4.20. The van der Waals surface area contributed by atoms with Gasteiger partial charge in [-0.05, 0) is 25.0 Å². The summed E-state index contributed by atoms with van der Waals surface area (Å²) in [6, 6.07) is 4.67. The predicted molar refractivity (Wildman–Crippen MR) is 85.9 cm³/mol. The second kappa shape index (κ2) is 6.50. The van der Waals surface area contributed by atoms with Crippen molar-refractivity contribution in [2.75, 3.05) is 26.2 Å². The van der Waals surface area contributed by atoms with Gasteiger partial charge in [-0.1, -0.05) is 0 Å². The van der Waals surface area contributed by atoms with Crippen molar-refractivity contribution in [2.45, 2.75) is 31.5 Å². The van der Waals surface area contributed by atoms with E-state index in [1.54, 1.807) is 17.6 Å². The van der Waals surface area contributed by atoms with E-state index in [1.165, 1.54) is 12.8 Å². The zero-order valence-electron chi connectivity index (χ0n) is 12.5. The molecule has 4 rings (SSSR count). The van der Waals surface area contributed by atoms with Crippen molar-refractivity contribution < 1.29 is 9.15 Å². The summed E-state index contributed by atoms with van der Waals surface area (Å²) in [5.74, 6) is 0.840. The van der Waals surface area contributed by atoms with Crippen LogP contribution in [0.4, 0.5) is 0 Å². The molecule has 2 aliphatic rings. The zero-order valence-corrected chi connectivity index (χ0v) is 13.3. The maximum atomic E-state index is 5.85. The van der Waals surface area contributed by atoms with Gasteiger partial charge in [0.05, 0.1) is 24.7 Å². The first-order valence-electron chi connectivity index (χ1n) is 7.93. The Morgan fingerprint density at radius 1 is 1.41 bits per heavy atom. The SMILES string of the molecule is c1coc(-c2nc(CNC[C@@H]3CN(C4CC4)CCO3)cs2)c1. The zero-order chi connectivity index (χ0) is 14.8. The largest absolute Gasteiger partial charge is 0.462 e. The van der Waals surface area contributed by atoms with Gasteiger partial charge < -0.3 is 14.5 Å². The van der Waals surface area contributed by atoms with Crippen molar-refractivity contribution in [3.05, 3.63) is 29.5 Å². The molecule has 3 heterocycles. The molecule has 0 aromatic carbocycles. The van der Waals surface area contributed by atoms with Gasteiger partial charge in [0.1, 0.15) is 0 Å². The lowest BCUT2D eigenvalue weighted by molar-refractivity contribution is -0.0301. The van der Waals surface area contributed by atoms with E-state index in [4.69, 9.17) is 9.15 Å². The van der Waals surface area contributed by atoms with Gasteiger partial charge in [-0.15, -0.1) is 11.3 Å². The number of morpholine rings is 1. The van der Waals surface area contributed by atoms with Crippen LogP contribution >= 0.6 is 11.3 Å². The van der Waals surface area contributed by atoms with Gasteiger partial charge in [-0.25, -0.2) is 4.98 Å². The summed E-state index contributed by atoms with van der Waals surface area (Å²) in [5, 5.41) is 6.50. The molecule has 0 amide bonds. The van der Waals surface area contributed by atoms with Crippen molar-refractivity contribution >= 4 is 11.3 Å². The molecule has 2 aromatic heterocycles. The van der Waals surface area contributed by atoms with Crippen LogP contribution in [0.5, 0.6) is 0 Å². The van der Waals surface area contributed by atoms with Crippen molar-refractivity contribution in [1.82, 2.24) is 15.2 Å². The molecule has 0 unspecified atom stereocenters. The molecule has 1 aliphatic carbocycles. The number of hydrogen-bond donors (Lipinski definition) is 1. The van der Waals surface area contributed by atoms with Gasteiger partial charge in [0, 0.05) is 37.6 Å². The Bertz CT molecular complexity index is 594. The minimum Gasteiger partial charge on any atom is -0.462 e. The van der Waals surface area contributed by atoms with Gasteiger partial charge >= 0.3 is 0 Å². The monoisotopic (exact) mass is 319 g/mol. The molecule has 1 atom stereocenters. The van der Waals surface area contributed by atoms with E-state index in [-0.39, 0.29) is 0 Å². The highest BCUT2D eigenvalue weighted by atomic mass is 32.1. The molecule has 0 radical (unpaired) electrons. The Kier molecular flexibility index (Phi) is 4.25. The number of aromatic nitrogens is 1. The van der Waals surface area contributed by atoms with E-state index in [0.29, 0.717) is 6.10 Å². The number of nitrogens with zero attached hydrogens (tertiary/aromatic N) is 2. The van der Waals surface area contributed by atoms with Crippen LogP contribution in [0.1, 0.15) is 18.5 Å². The number of nitrogens with one attached hydrogen (secondary N) is 1. The molecule has 2 fully saturated rings. The van der Waals surface area contributed by atoms with Crippen molar-refractivity contribution in [1.29, 1.82) is 0 Å². The van der Waals surface area contributed by atoms with Gasteiger partial charge in [0.2, 0.25) is 0 Å². The molecule has 2 aromatic rings. The average molecular weight is 319 g/mol. The van der Waals surface area contributed by atoms with Crippen LogP contribution in [-0.4, -0.2) is 48.3 Å². The summed E-state index contributed by atoms with van der Waals surface area (Å²) < 4.78 is 11.2. The average Bonchev–Trinajstić information content (AvgIpc) is 3.06. The van der Waals surface area contributed by atoms with Crippen molar-refractivity contribution in [2.24, 2.45) is 0 Å². The normalized spacial score (nSPS) is 23.0. The number of ether oxygens (including phenoxy) is 1. The van der Waals surface area contributed by atoms with Gasteiger partial charge in [-0.3, -0.25) is 4.90 Å². The lowest BCUT2D eigenvalue weighted by Crippen LogP contribution is -2.47. The molecule has 1 aliphatic heterocycles. The number of thiazole rings is 1. The number of furan rings is 1. The lowest BCUT2D eigenvalue weighted by atomic mass is 10.2. The Morgan fingerprint density at radius 2 is 2.36 bits per heavy atom. The van der Waals surface area contributed by atoms with Crippen LogP contribution in [0.25, 0.3) is 10.8 Å². The predicted octanol–water partition coefficient (Wildman–Crippen LogP) is 2.36. The summed E-state index contributed by atoms with van der Waals surface area (Å²) in [6.45, 7) is 4.69. The first-order chi connectivity index (χ1) is 10.9. The number of rotatable bonds is 6. The van der Waals surface area contributed by atoms with Crippen LogP contribution in [0.3, 0.4) is 0 Å². The fourth-order valence-corrected chi connectivity index (χ4v) is 3.69. The maximum absolute atomic E-state index is 5.85. The summed E-state index contributed by atoms with van der Waals surface area (Å²) >= 11 is 1.62. The molecule has 6 heteroatoms. The first kappa shape index (κ1) is 14.4.